The average molecular weight is 440 g/mol. The first-order valence-electron chi connectivity index (χ1n) is 8.18. The lowest BCUT2D eigenvalue weighted by atomic mass is 10.1. The molecule has 9 heteroatoms. The first kappa shape index (κ1) is 19.4. The molecule has 0 aliphatic rings. The van der Waals surface area contributed by atoms with Crippen LogP contribution in [0.2, 0.25) is 10.0 Å². The number of benzene rings is 3. The van der Waals surface area contributed by atoms with Crippen molar-refractivity contribution in [2.45, 2.75) is 6.36 Å². The first-order chi connectivity index (χ1) is 13.7. The molecule has 0 fully saturated rings. The highest BCUT2D eigenvalue weighted by Gasteiger charge is 2.31. The van der Waals surface area contributed by atoms with Gasteiger partial charge in [-0.05, 0) is 48.5 Å². The Morgan fingerprint density at radius 2 is 1.48 bits per heavy atom. The summed E-state index contributed by atoms with van der Waals surface area (Å²) in [6.07, 6.45) is -4.76. The Morgan fingerprint density at radius 1 is 0.828 bits per heavy atom. The zero-order valence-corrected chi connectivity index (χ0v) is 15.8. The molecule has 4 rings (SSSR count). The van der Waals surface area contributed by atoms with Gasteiger partial charge >= 0.3 is 6.36 Å². The van der Waals surface area contributed by atoms with Crippen LogP contribution >= 0.6 is 23.2 Å². The van der Waals surface area contributed by atoms with Gasteiger partial charge in [0.25, 0.3) is 0 Å². The highest BCUT2D eigenvalue weighted by atomic mass is 35.5. The van der Waals surface area contributed by atoms with Crippen LogP contribution in [0.5, 0.6) is 17.2 Å². The fraction of sp³-hybridized carbons (Fsp3) is 0.0500. The highest BCUT2D eigenvalue weighted by Crippen LogP contribution is 2.30. The first-order valence-corrected chi connectivity index (χ1v) is 8.94. The molecule has 4 nitrogen and oxygen atoms in total. The van der Waals surface area contributed by atoms with Crippen LogP contribution in [0.25, 0.3) is 21.8 Å². The molecular formula is C20H10Cl2F3NO3. The Bertz CT molecular complexity index is 1280. The normalized spacial score (nSPS) is 11.8. The van der Waals surface area contributed by atoms with Crippen LogP contribution in [0.15, 0.2) is 59.4 Å². The van der Waals surface area contributed by atoms with Crippen molar-refractivity contribution in [3.63, 3.8) is 0 Å². The molecule has 1 N–H and O–H groups in total. The Kier molecular flexibility index (Phi) is 4.80. The van der Waals surface area contributed by atoms with E-state index in [9.17, 15) is 18.0 Å². The van der Waals surface area contributed by atoms with E-state index in [2.05, 4.69) is 9.72 Å². The van der Waals surface area contributed by atoms with Gasteiger partial charge < -0.3 is 14.5 Å². The third-order valence-corrected chi connectivity index (χ3v) is 4.60. The monoisotopic (exact) mass is 439 g/mol. The molecule has 0 unspecified atom stereocenters. The molecule has 4 aromatic rings. The van der Waals surface area contributed by atoms with Crippen LogP contribution in [0.1, 0.15) is 0 Å². The van der Waals surface area contributed by atoms with E-state index in [1.165, 1.54) is 18.2 Å². The van der Waals surface area contributed by atoms with E-state index >= 15 is 0 Å². The van der Waals surface area contributed by atoms with Gasteiger partial charge in [0, 0.05) is 16.5 Å². The SMILES string of the molecule is O=c1c2ccc(Oc3ccc(OC(F)(F)F)cc3)cc2[nH]c2cc(Cl)cc(Cl)c12. The number of aromatic amines is 1. The Balaban J connectivity index is 1.69. The molecule has 3 aromatic carbocycles. The largest absolute Gasteiger partial charge is 0.573 e. The van der Waals surface area contributed by atoms with Gasteiger partial charge in [-0.3, -0.25) is 4.79 Å². The van der Waals surface area contributed by atoms with E-state index in [-0.39, 0.29) is 16.2 Å². The lowest BCUT2D eigenvalue weighted by Crippen LogP contribution is -2.16. The summed E-state index contributed by atoms with van der Waals surface area (Å²) >= 11 is 12.2. The predicted molar refractivity (Wildman–Crippen MR) is 105 cm³/mol. The minimum Gasteiger partial charge on any atom is -0.457 e. The van der Waals surface area contributed by atoms with E-state index in [0.717, 1.165) is 12.1 Å². The third kappa shape index (κ3) is 4.11. The number of ether oxygens (including phenoxy) is 2. The van der Waals surface area contributed by atoms with Crippen LogP contribution in [-0.4, -0.2) is 11.3 Å². The second kappa shape index (κ2) is 7.17. The number of halogens is 5. The van der Waals surface area contributed by atoms with Crippen molar-refractivity contribution in [3.05, 3.63) is 74.9 Å². The molecule has 0 aliphatic heterocycles. The molecule has 0 saturated heterocycles. The standard InChI is InChI=1S/C20H10Cl2F3NO3/c21-10-7-15(22)18-17(8-10)26-16-9-13(5-6-14(16)19(18)27)28-11-1-3-12(4-2-11)29-20(23,24)25/h1-9H,(H,26,27). The maximum absolute atomic E-state index is 12.7. The lowest BCUT2D eigenvalue weighted by Gasteiger charge is -2.11. The van der Waals surface area contributed by atoms with Gasteiger partial charge in [0.2, 0.25) is 0 Å². The highest BCUT2D eigenvalue weighted by molar-refractivity contribution is 6.38. The number of pyridine rings is 1. The third-order valence-electron chi connectivity index (χ3n) is 4.08. The number of H-pyrrole nitrogens is 1. The predicted octanol–water partition coefficient (Wildman–Crippen LogP) is 6.68. The minimum absolute atomic E-state index is 0.247. The minimum atomic E-state index is -4.76. The van der Waals surface area contributed by atoms with E-state index in [4.69, 9.17) is 27.9 Å². The molecule has 0 radical (unpaired) electrons. The molecule has 0 amide bonds. The summed E-state index contributed by atoms with van der Waals surface area (Å²) in [5.74, 6) is 0.325. The maximum atomic E-state index is 12.7. The quantitative estimate of drug-likeness (QED) is 0.362. The summed E-state index contributed by atoms with van der Waals surface area (Å²) < 4.78 is 46.2. The van der Waals surface area contributed by atoms with E-state index in [1.807, 2.05) is 0 Å². The molecule has 0 atom stereocenters. The zero-order valence-electron chi connectivity index (χ0n) is 14.3. The van der Waals surface area contributed by atoms with E-state index in [0.29, 0.717) is 38.3 Å². The molecular weight excluding hydrogens is 430 g/mol. The van der Waals surface area contributed by atoms with E-state index in [1.54, 1.807) is 24.3 Å². The van der Waals surface area contributed by atoms with Gasteiger partial charge in [0.1, 0.15) is 17.2 Å². The van der Waals surface area contributed by atoms with Crippen LogP contribution in [0.4, 0.5) is 13.2 Å². The van der Waals surface area contributed by atoms with Gasteiger partial charge in [-0.1, -0.05) is 23.2 Å². The molecule has 29 heavy (non-hydrogen) atoms. The van der Waals surface area contributed by atoms with Crippen LogP contribution < -0.4 is 14.9 Å². The zero-order chi connectivity index (χ0) is 20.8. The van der Waals surface area contributed by atoms with Crippen molar-refractivity contribution in [1.82, 2.24) is 4.98 Å². The van der Waals surface area contributed by atoms with Crippen LogP contribution in [0, 0.1) is 0 Å². The van der Waals surface area contributed by atoms with Crippen molar-refractivity contribution in [2.24, 2.45) is 0 Å². The van der Waals surface area contributed by atoms with Gasteiger partial charge in [-0.2, -0.15) is 0 Å². The molecule has 0 aliphatic carbocycles. The second-order valence-corrected chi connectivity index (χ2v) is 6.94. The number of alkyl halides is 3. The summed E-state index contributed by atoms with van der Waals surface area (Å²) in [4.78, 5) is 15.8. The molecule has 0 saturated carbocycles. The fourth-order valence-corrected chi connectivity index (χ4v) is 3.50. The van der Waals surface area contributed by atoms with Crippen LogP contribution in [0.3, 0.4) is 0 Å². The van der Waals surface area contributed by atoms with Crippen molar-refractivity contribution < 1.29 is 22.6 Å². The Hall–Kier alpha value is -2.90. The Morgan fingerprint density at radius 3 is 2.17 bits per heavy atom. The van der Waals surface area contributed by atoms with Gasteiger partial charge in [-0.25, -0.2) is 0 Å². The topological polar surface area (TPSA) is 51.3 Å². The van der Waals surface area contributed by atoms with Gasteiger partial charge in [-0.15, -0.1) is 13.2 Å². The number of hydrogen-bond acceptors (Lipinski definition) is 3. The number of aromatic nitrogens is 1. The van der Waals surface area contributed by atoms with Gasteiger partial charge in [0.15, 0.2) is 5.43 Å². The summed E-state index contributed by atoms with van der Waals surface area (Å²) in [5, 5.41) is 1.36. The van der Waals surface area contributed by atoms with Crippen molar-refractivity contribution >= 4 is 45.0 Å². The summed E-state index contributed by atoms with van der Waals surface area (Å²) in [7, 11) is 0. The number of nitrogens with one attached hydrogen (secondary N) is 1. The smallest absolute Gasteiger partial charge is 0.457 e. The summed E-state index contributed by atoms with van der Waals surface area (Å²) in [6, 6.07) is 12.8. The number of fused-ring (bicyclic) bond motifs is 2. The van der Waals surface area contributed by atoms with Crippen molar-refractivity contribution in [1.29, 1.82) is 0 Å². The molecule has 148 valence electrons. The van der Waals surface area contributed by atoms with Crippen LogP contribution in [-0.2, 0) is 0 Å². The second-order valence-electron chi connectivity index (χ2n) is 6.09. The Labute approximate surface area is 171 Å². The summed E-state index contributed by atoms with van der Waals surface area (Å²) in [6.45, 7) is 0. The number of rotatable bonds is 3. The summed E-state index contributed by atoms with van der Waals surface area (Å²) in [5.41, 5.74) is 0.719. The average Bonchev–Trinajstić information content (AvgIpc) is 2.61. The number of hydrogen-bond donors (Lipinski definition) is 1. The van der Waals surface area contributed by atoms with Gasteiger partial charge in [0.05, 0.1) is 21.4 Å². The molecule has 1 heterocycles. The molecule has 1 aromatic heterocycles. The fourth-order valence-electron chi connectivity index (χ4n) is 2.92. The lowest BCUT2D eigenvalue weighted by molar-refractivity contribution is -0.274. The molecule has 0 spiro atoms. The molecule has 0 bridgehead atoms. The van der Waals surface area contributed by atoms with Crippen molar-refractivity contribution in [2.75, 3.05) is 0 Å². The maximum Gasteiger partial charge on any atom is 0.573 e. The van der Waals surface area contributed by atoms with Crippen molar-refractivity contribution in [3.8, 4) is 17.2 Å². The van der Waals surface area contributed by atoms with E-state index < -0.39 is 6.36 Å².